The second kappa shape index (κ2) is 7.67. The molecular formula is C17H14BCl2F2N. The van der Waals surface area contributed by atoms with Crippen LogP contribution in [-0.2, 0) is 0 Å². The molecular weight excluding hydrogens is 338 g/mol. The fourth-order valence-corrected chi connectivity index (χ4v) is 2.60. The zero-order valence-electron chi connectivity index (χ0n) is 12.4. The van der Waals surface area contributed by atoms with E-state index in [0.717, 1.165) is 15.6 Å². The number of aromatic nitrogens is 1. The van der Waals surface area contributed by atoms with Crippen LogP contribution in [0.5, 0.6) is 0 Å². The van der Waals surface area contributed by atoms with Gasteiger partial charge in [-0.25, -0.2) is 0 Å². The number of allylic oxidation sites excluding steroid dienone is 4. The molecule has 0 N–H and O–H groups in total. The van der Waals surface area contributed by atoms with E-state index >= 15 is 0 Å². The lowest BCUT2D eigenvalue weighted by molar-refractivity contribution is 0.628. The second-order valence-electron chi connectivity index (χ2n) is 4.89. The van der Waals surface area contributed by atoms with E-state index in [1.807, 2.05) is 37.3 Å². The maximum Gasteiger partial charge on any atom is 0.678 e. The van der Waals surface area contributed by atoms with E-state index < -0.39 is 7.40 Å². The van der Waals surface area contributed by atoms with Crippen molar-refractivity contribution in [3.05, 3.63) is 88.2 Å². The summed E-state index contributed by atoms with van der Waals surface area (Å²) in [4.78, 5) is 0. The Morgan fingerprint density at radius 1 is 1.13 bits per heavy atom. The first-order valence-corrected chi connectivity index (χ1v) is 7.61. The molecule has 1 nitrogen and oxygen atoms in total. The van der Waals surface area contributed by atoms with Gasteiger partial charge in [0.15, 0.2) is 0 Å². The predicted molar refractivity (Wildman–Crippen MR) is 95.1 cm³/mol. The first-order valence-electron chi connectivity index (χ1n) is 6.86. The summed E-state index contributed by atoms with van der Waals surface area (Å²) >= 11 is 11.7. The second-order valence-corrected chi connectivity index (χ2v) is 5.77. The Bertz CT molecular complexity index is 764. The monoisotopic (exact) mass is 351 g/mol. The van der Waals surface area contributed by atoms with Crippen LogP contribution in [0.2, 0.25) is 5.15 Å². The number of benzene rings is 1. The summed E-state index contributed by atoms with van der Waals surface area (Å²) in [5.74, 6) is 0. The molecule has 0 aliphatic rings. The third kappa shape index (κ3) is 4.15. The van der Waals surface area contributed by atoms with E-state index in [2.05, 4.69) is 6.58 Å². The summed E-state index contributed by atoms with van der Waals surface area (Å²) in [5, 5.41) is 0.348. The lowest BCUT2D eigenvalue weighted by Gasteiger charge is -2.14. The summed E-state index contributed by atoms with van der Waals surface area (Å²) in [7, 11) is -2.73. The molecule has 1 aromatic carbocycles. The van der Waals surface area contributed by atoms with Gasteiger partial charge in [0, 0.05) is 16.3 Å². The van der Waals surface area contributed by atoms with Gasteiger partial charge >= 0.3 is 7.40 Å². The van der Waals surface area contributed by atoms with Crippen molar-refractivity contribution >= 4 is 36.2 Å². The highest BCUT2D eigenvalue weighted by molar-refractivity contribution is 6.45. The zero-order chi connectivity index (χ0) is 17.0. The Morgan fingerprint density at radius 3 is 2.35 bits per heavy atom. The minimum absolute atomic E-state index is 0.0121. The lowest BCUT2D eigenvalue weighted by atomic mass is 9.96. The van der Waals surface area contributed by atoms with Crippen LogP contribution in [0.25, 0.3) is 5.57 Å². The number of rotatable bonds is 5. The molecule has 0 saturated heterocycles. The molecule has 0 bridgehead atoms. The van der Waals surface area contributed by atoms with Gasteiger partial charge in [0.1, 0.15) is 5.15 Å². The van der Waals surface area contributed by atoms with Gasteiger partial charge < -0.3 is 4.48 Å². The third-order valence-electron chi connectivity index (χ3n) is 3.29. The number of hydrogen-bond donors (Lipinski definition) is 0. The van der Waals surface area contributed by atoms with Crippen molar-refractivity contribution in [1.82, 2.24) is 4.48 Å². The predicted octanol–water partition coefficient (Wildman–Crippen LogP) is 6.04. The molecule has 23 heavy (non-hydrogen) atoms. The quantitative estimate of drug-likeness (QED) is 0.456. The van der Waals surface area contributed by atoms with Crippen LogP contribution in [-0.4, -0.2) is 11.9 Å². The van der Waals surface area contributed by atoms with Crippen molar-refractivity contribution in [3.63, 3.8) is 0 Å². The average molecular weight is 352 g/mol. The maximum atomic E-state index is 13.4. The van der Waals surface area contributed by atoms with Crippen LogP contribution < -0.4 is 0 Å². The van der Waals surface area contributed by atoms with Gasteiger partial charge in [-0.2, -0.15) is 0 Å². The highest BCUT2D eigenvalue weighted by Gasteiger charge is 2.25. The molecule has 0 radical (unpaired) electrons. The fraction of sp³-hybridized carbons (Fsp3) is 0.0588. The van der Waals surface area contributed by atoms with E-state index in [1.54, 1.807) is 18.2 Å². The lowest BCUT2D eigenvalue weighted by Crippen LogP contribution is -2.16. The van der Waals surface area contributed by atoms with Crippen LogP contribution >= 0.6 is 23.2 Å². The third-order valence-corrected chi connectivity index (χ3v) is 3.72. The standard InChI is InChI=1S/C17H14BCl2F2N/c1-12(8-9-13(2)19)17(14-6-4-3-5-7-14)15-10-11-16(20)23(15)18(21)22/h3-11H,2H2,1H3/b9-8-,17-12+. The first-order chi connectivity index (χ1) is 10.9. The van der Waals surface area contributed by atoms with Crippen molar-refractivity contribution in [2.45, 2.75) is 6.92 Å². The molecule has 2 aromatic rings. The van der Waals surface area contributed by atoms with E-state index in [1.165, 1.54) is 6.07 Å². The zero-order valence-corrected chi connectivity index (χ0v) is 14.0. The van der Waals surface area contributed by atoms with Gasteiger partial charge in [0.25, 0.3) is 0 Å². The van der Waals surface area contributed by atoms with Gasteiger partial charge in [-0.1, -0.05) is 66.2 Å². The van der Waals surface area contributed by atoms with E-state index in [9.17, 15) is 8.63 Å². The number of halogens is 4. The van der Waals surface area contributed by atoms with Crippen LogP contribution in [0.1, 0.15) is 18.2 Å². The van der Waals surface area contributed by atoms with Crippen molar-refractivity contribution in [3.8, 4) is 0 Å². The highest BCUT2D eigenvalue weighted by Crippen LogP contribution is 2.31. The molecule has 1 aromatic heterocycles. The first kappa shape index (κ1) is 17.6. The van der Waals surface area contributed by atoms with Crippen LogP contribution in [0.15, 0.2) is 71.8 Å². The highest BCUT2D eigenvalue weighted by atomic mass is 35.5. The topological polar surface area (TPSA) is 4.93 Å². The number of hydrogen-bond acceptors (Lipinski definition) is 0. The smallest absolute Gasteiger partial charge is 0.316 e. The average Bonchev–Trinajstić information content (AvgIpc) is 2.88. The molecule has 0 fully saturated rings. The summed E-state index contributed by atoms with van der Waals surface area (Å²) < 4.78 is 27.6. The van der Waals surface area contributed by atoms with Crippen LogP contribution in [0.3, 0.4) is 0 Å². The van der Waals surface area contributed by atoms with E-state index in [0.29, 0.717) is 16.3 Å². The fourth-order valence-electron chi connectivity index (χ4n) is 2.31. The van der Waals surface area contributed by atoms with Crippen molar-refractivity contribution < 1.29 is 8.63 Å². The van der Waals surface area contributed by atoms with E-state index in [-0.39, 0.29) is 5.15 Å². The van der Waals surface area contributed by atoms with Gasteiger partial charge in [0.05, 0.1) is 0 Å². The van der Waals surface area contributed by atoms with Crippen molar-refractivity contribution in [1.29, 1.82) is 0 Å². The summed E-state index contributed by atoms with van der Waals surface area (Å²) in [6.45, 7) is 5.42. The Hall–Kier alpha value is -1.78. The van der Waals surface area contributed by atoms with Crippen molar-refractivity contribution in [2.75, 3.05) is 0 Å². The molecule has 118 valence electrons. The molecule has 0 amide bonds. The Labute approximate surface area is 144 Å². The van der Waals surface area contributed by atoms with Crippen LogP contribution in [0, 0.1) is 0 Å². The van der Waals surface area contributed by atoms with Gasteiger partial charge in [-0.05, 0) is 36.3 Å². The normalized spacial score (nSPS) is 12.4. The SMILES string of the molecule is C=C(Cl)/C=C\C(C)=C(/c1ccccc1)c1ccc(Cl)n1B(F)F. The van der Waals surface area contributed by atoms with Crippen LogP contribution in [0.4, 0.5) is 8.63 Å². The van der Waals surface area contributed by atoms with Gasteiger partial charge in [-0.15, -0.1) is 0 Å². The molecule has 0 saturated carbocycles. The molecule has 0 aliphatic heterocycles. The largest absolute Gasteiger partial charge is 0.678 e. The molecule has 0 spiro atoms. The van der Waals surface area contributed by atoms with Gasteiger partial charge in [-0.3, -0.25) is 8.63 Å². The summed E-state index contributed by atoms with van der Waals surface area (Å²) in [6, 6.07) is 12.3. The van der Waals surface area contributed by atoms with Crippen molar-refractivity contribution in [2.24, 2.45) is 0 Å². The summed E-state index contributed by atoms with van der Waals surface area (Å²) in [6.07, 6.45) is 3.37. The Morgan fingerprint density at radius 2 is 1.78 bits per heavy atom. The molecule has 6 heteroatoms. The summed E-state index contributed by atoms with van der Waals surface area (Å²) in [5.41, 5.74) is 2.59. The van der Waals surface area contributed by atoms with E-state index in [4.69, 9.17) is 23.2 Å². The number of nitrogens with zero attached hydrogens (tertiary/aromatic N) is 1. The molecule has 0 unspecified atom stereocenters. The maximum absolute atomic E-state index is 13.4. The molecule has 0 atom stereocenters. The Kier molecular flexibility index (Phi) is 5.86. The molecule has 2 rings (SSSR count). The molecule has 1 heterocycles. The minimum Gasteiger partial charge on any atom is -0.316 e. The van der Waals surface area contributed by atoms with Gasteiger partial charge in [0.2, 0.25) is 0 Å². The molecule has 0 aliphatic carbocycles. The Balaban J connectivity index is 2.69. The minimum atomic E-state index is -2.73.